The van der Waals surface area contributed by atoms with Crippen LogP contribution in [0.4, 0.5) is 0 Å². The summed E-state index contributed by atoms with van der Waals surface area (Å²) < 4.78 is 0. The molecular formula is C32H64N4O. The maximum atomic E-state index is 13.4. The number of likely N-dealkylation sites (N-methyl/N-ethyl adjacent to an activating group) is 2. The minimum absolute atomic E-state index is 0.287. The van der Waals surface area contributed by atoms with Crippen LogP contribution in [-0.2, 0) is 4.79 Å². The fraction of sp³-hybridized carbons (Fsp3) is 0.969. The number of hydrogen-bond acceptors (Lipinski definition) is 4. The van der Waals surface area contributed by atoms with Crippen molar-refractivity contribution in [1.82, 2.24) is 20.0 Å². The Hall–Kier alpha value is -0.650. The van der Waals surface area contributed by atoms with Gasteiger partial charge in [0.05, 0.1) is 0 Å². The van der Waals surface area contributed by atoms with E-state index < -0.39 is 0 Å². The predicted molar refractivity (Wildman–Crippen MR) is 160 cm³/mol. The lowest BCUT2D eigenvalue weighted by Crippen LogP contribution is -2.44. The molecule has 1 N–H and O–H groups in total. The van der Waals surface area contributed by atoms with Gasteiger partial charge >= 0.3 is 0 Å². The van der Waals surface area contributed by atoms with Gasteiger partial charge in [0.2, 0.25) is 5.91 Å². The van der Waals surface area contributed by atoms with E-state index in [-0.39, 0.29) is 5.92 Å². The Morgan fingerprint density at radius 2 is 1.16 bits per heavy atom. The zero-order valence-corrected chi connectivity index (χ0v) is 25.6. The van der Waals surface area contributed by atoms with Crippen LogP contribution in [0.2, 0.25) is 0 Å². The number of rotatable bonds is 19. The van der Waals surface area contributed by atoms with Crippen molar-refractivity contribution in [2.45, 2.75) is 124 Å². The molecule has 2 rings (SSSR count). The first kappa shape index (κ1) is 32.6. The van der Waals surface area contributed by atoms with Crippen LogP contribution in [0.5, 0.6) is 0 Å². The molecular weight excluding hydrogens is 456 g/mol. The van der Waals surface area contributed by atoms with Crippen molar-refractivity contribution in [3.8, 4) is 0 Å². The highest BCUT2D eigenvalue weighted by Crippen LogP contribution is 2.40. The second-order valence-corrected chi connectivity index (χ2v) is 12.0. The van der Waals surface area contributed by atoms with Crippen LogP contribution in [0.15, 0.2) is 0 Å². The van der Waals surface area contributed by atoms with E-state index in [0.717, 1.165) is 65.3 Å². The molecule has 0 bridgehead atoms. The fourth-order valence-electron chi connectivity index (χ4n) is 7.05. The molecule has 2 aliphatic carbocycles. The van der Waals surface area contributed by atoms with Crippen LogP contribution in [0.25, 0.3) is 0 Å². The van der Waals surface area contributed by atoms with Crippen LogP contribution >= 0.6 is 0 Å². The van der Waals surface area contributed by atoms with Crippen molar-refractivity contribution in [3.05, 3.63) is 0 Å². The SMILES string of the molecule is CCN(CC)CCN(CCN(CC)CC)[C@H](C)CCCCNC(=O)C(C1CCCCC1)C1CCCCC1. The zero-order valence-electron chi connectivity index (χ0n) is 25.6. The minimum Gasteiger partial charge on any atom is -0.356 e. The van der Waals surface area contributed by atoms with Crippen molar-refractivity contribution in [1.29, 1.82) is 0 Å². The van der Waals surface area contributed by atoms with Gasteiger partial charge in [-0.3, -0.25) is 9.69 Å². The molecule has 0 aromatic carbocycles. The summed E-state index contributed by atoms with van der Waals surface area (Å²) >= 11 is 0. The summed E-state index contributed by atoms with van der Waals surface area (Å²) in [6.45, 7) is 21.6. The number of unbranched alkanes of at least 4 members (excludes halogenated alkanes) is 1. The normalized spacial score (nSPS) is 18.8. The van der Waals surface area contributed by atoms with Crippen molar-refractivity contribution < 1.29 is 4.79 Å². The van der Waals surface area contributed by atoms with Crippen LogP contribution in [0.3, 0.4) is 0 Å². The zero-order chi connectivity index (χ0) is 26.9. The van der Waals surface area contributed by atoms with E-state index >= 15 is 0 Å². The molecule has 0 radical (unpaired) electrons. The molecule has 0 aliphatic heterocycles. The minimum atomic E-state index is 0.287. The highest BCUT2D eigenvalue weighted by atomic mass is 16.1. The van der Waals surface area contributed by atoms with Crippen LogP contribution in [0.1, 0.15) is 118 Å². The van der Waals surface area contributed by atoms with E-state index in [1.165, 1.54) is 77.0 Å². The molecule has 0 heterocycles. The highest BCUT2D eigenvalue weighted by molar-refractivity contribution is 5.79. The molecule has 1 amide bonds. The molecule has 0 spiro atoms. The molecule has 2 fully saturated rings. The third-order valence-electron chi connectivity index (χ3n) is 9.79. The quantitative estimate of drug-likeness (QED) is 0.199. The van der Waals surface area contributed by atoms with Crippen molar-refractivity contribution in [2.75, 3.05) is 58.9 Å². The van der Waals surface area contributed by atoms with Gasteiger partial charge in [0, 0.05) is 44.7 Å². The Bertz CT molecular complexity index is 531. The number of amides is 1. The molecule has 0 aromatic rings. The first-order valence-electron chi connectivity index (χ1n) is 16.5. The van der Waals surface area contributed by atoms with E-state index in [1.54, 1.807) is 0 Å². The molecule has 2 saturated carbocycles. The second-order valence-electron chi connectivity index (χ2n) is 12.0. The lowest BCUT2D eigenvalue weighted by atomic mass is 9.69. The average molecular weight is 521 g/mol. The number of hydrogen-bond donors (Lipinski definition) is 1. The summed E-state index contributed by atoms with van der Waals surface area (Å²) in [7, 11) is 0. The monoisotopic (exact) mass is 521 g/mol. The van der Waals surface area contributed by atoms with Gasteiger partial charge in [-0.1, -0.05) is 72.6 Å². The Kier molecular flexibility index (Phi) is 17.1. The molecule has 1 atom stereocenters. The van der Waals surface area contributed by atoms with Gasteiger partial charge in [-0.25, -0.2) is 0 Å². The summed E-state index contributed by atoms with van der Waals surface area (Å²) in [6.07, 6.45) is 16.7. The molecule has 0 aromatic heterocycles. The van der Waals surface area contributed by atoms with Gasteiger partial charge in [-0.05, 0) is 83.5 Å². The number of carbonyl (C=O) groups excluding carboxylic acids is 1. The predicted octanol–water partition coefficient (Wildman–Crippen LogP) is 6.42. The first-order valence-corrected chi connectivity index (χ1v) is 16.5. The van der Waals surface area contributed by atoms with E-state index in [9.17, 15) is 4.79 Å². The standard InChI is InChI=1S/C32H64N4O/c1-6-34(7-2)24-26-36(27-25-35(8-3)9-4)28(5)18-16-17-23-33-32(37)31(29-19-12-10-13-20-29)30-21-14-11-15-22-30/h28-31H,6-27H2,1-5H3,(H,33,37)/t28-/m1/s1. The molecule has 37 heavy (non-hydrogen) atoms. The van der Waals surface area contributed by atoms with Crippen molar-refractivity contribution >= 4 is 5.91 Å². The third-order valence-corrected chi connectivity index (χ3v) is 9.79. The maximum Gasteiger partial charge on any atom is 0.223 e. The molecule has 0 unspecified atom stereocenters. The number of nitrogens with one attached hydrogen (secondary N) is 1. The topological polar surface area (TPSA) is 38.8 Å². The van der Waals surface area contributed by atoms with Crippen molar-refractivity contribution in [3.63, 3.8) is 0 Å². The Labute approximate surface area is 231 Å². The van der Waals surface area contributed by atoms with E-state index in [4.69, 9.17) is 0 Å². The van der Waals surface area contributed by atoms with E-state index in [1.807, 2.05) is 0 Å². The molecule has 2 aliphatic rings. The maximum absolute atomic E-state index is 13.4. The summed E-state index contributed by atoms with van der Waals surface area (Å²) in [5, 5.41) is 3.43. The van der Waals surface area contributed by atoms with Crippen LogP contribution < -0.4 is 5.32 Å². The lowest BCUT2D eigenvalue weighted by molar-refractivity contribution is -0.130. The summed E-state index contributed by atoms with van der Waals surface area (Å²) in [5.41, 5.74) is 0. The highest BCUT2D eigenvalue weighted by Gasteiger charge is 2.36. The molecule has 0 saturated heterocycles. The summed E-state index contributed by atoms with van der Waals surface area (Å²) in [5.74, 6) is 1.96. The largest absolute Gasteiger partial charge is 0.356 e. The summed E-state index contributed by atoms with van der Waals surface area (Å²) in [4.78, 5) is 21.2. The van der Waals surface area contributed by atoms with Gasteiger partial charge in [-0.2, -0.15) is 0 Å². The number of carbonyl (C=O) groups is 1. The van der Waals surface area contributed by atoms with E-state index in [2.05, 4.69) is 54.6 Å². The van der Waals surface area contributed by atoms with E-state index in [0.29, 0.717) is 23.8 Å². The molecule has 218 valence electrons. The average Bonchev–Trinajstić information content (AvgIpc) is 2.93. The Morgan fingerprint density at radius 1 is 0.703 bits per heavy atom. The third kappa shape index (κ3) is 12.0. The number of nitrogens with zero attached hydrogens (tertiary/aromatic N) is 3. The molecule has 5 nitrogen and oxygen atoms in total. The van der Waals surface area contributed by atoms with Gasteiger partial charge in [-0.15, -0.1) is 0 Å². The lowest BCUT2D eigenvalue weighted by Gasteiger charge is -2.36. The van der Waals surface area contributed by atoms with Crippen molar-refractivity contribution in [2.24, 2.45) is 17.8 Å². The Balaban J connectivity index is 1.79. The van der Waals surface area contributed by atoms with Gasteiger partial charge in [0.25, 0.3) is 0 Å². The summed E-state index contributed by atoms with van der Waals surface area (Å²) in [6, 6.07) is 0.596. The smallest absolute Gasteiger partial charge is 0.223 e. The van der Waals surface area contributed by atoms with Gasteiger partial charge in [0.15, 0.2) is 0 Å². The second kappa shape index (κ2) is 19.4. The van der Waals surface area contributed by atoms with Crippen LogP contribution in [0, 0.1) is 17.8 Å². The fourth-order valence-corrected chi connectivity index (χ4v) is 7.05. The van der Waals surface area contributed by atoms with Gasteiger partial charge in [0.1, 0.15) is 0 Å². The molecule has 5 heteroatoms. The van der Waals surface area contributed by atoms with Gasteiger partial charge < -0.3 is 15.1 Å². The first-order chi connectivity index (χ1) is 18.0. The Morgan fingerprint density at radius 3 is 1.59 bits per heavy atom. The van der Waals surface area contributed by atoms with Crippen LogP contribution in [-0.4, -0.2) is 85.6 Å².